The Bertz CT molecular complexity index is 679. The van der Waals surface area contributed by atoms with Crippen LogP contribution in [0.15, 0.2) is 33.5 Å². The van der Waals surface area contributed by atoms with Gasteiger partial charge in [-0.3, -0.25) is 4.68 Å². The van der Waals surface area contributed by atoms with Crippen LogP contribution < -0.4 is 5.73 Å². The van der Waals surface area contributed by atoms with Crippen LogP contribution in [-0.4, -0.2) is 25.8 Å². The van der Waals surface area contributed by atoms with Crippen LogP contribution in [0, 0.1) is 0 Å². The van der Waals surface area contributed by atoms with Gasteiger partial charge in [-0.2, -0.15) is 5.10 Å². The van der Waals surface area contributed by atoms with Crippen molar-refractivity contribution in [2.24, 2.45) is 17.9 Å². The number of rotatable bonds is 3. The molecule has 6 nitrogen and oxygen atoms in total. The second kappa shape index (κ2) is 5.16. The van der Waals surface area contributed by atoms with Gasteiger partial charge in [0.2, 0.25) is 0 Å². The molecule has 0 aromatic carbocycles. The summed E-state index contributed by atoms with van der Waals surface area (Å²) in [4.78, 5) is 5.66. The van der Waals surface area contributed by atoms with Crippen molar-refractivity contribution in [3.05, 3.63) is 35.3 Å². The summed E-state index contributed by atoms with van der Waals surface area (Å²) in [5, 5.41) is 16.9. The molecule has 0 aliphatic heterocycles. The number of hydrogen-bond donors (Lipinski definition) is 2. The molecule has 3 N–H and O–H groups in total. The van der Waals surface area contributed by atoms with E-state index in [1.165, 1.54) is 17.3 Å². The van der Waals surface area contributed by atoms with Crippen molar-refractivity contribution in [3.63, 3.8) is 0 Å². The quantitative estimate of drug-likeness (QED) is 0.387. The zero-order valence-electron chi connectivity index (χ0n) is 11.1. The van der Waals surface area contributed by atoms with Gasteiger partial charge in [-0.15, -0.1) is 0 Å². The zero-order valence-corrected chi connectivity index (χ0v) is 11.9. The fourth-order valence-corrected chi connectivity index (χ4v) is 3.29. The number of fused-ring (bicyclic) bond motifs is 1. The largest absolute Gasteiger partial charge is 0.409 e. The molecule has 1 aliphatic carbocycles. The summed E-state index contributed by atoms with van der Waals surface area (Å²) >= 11 is 1.48. The SMILES string of the molecule is Cn1cc(Sc2nc3c(cc2C(N)=NO)CCC3)cn1. The first kappa shape index (κ1) is 13.0. The third-order valence-electron chi connectivity index (χ3n) is 3.30. The Hall–Kier alpha value is -2.02. The molecule has 20 heavy (non-hydrogen) atoms. The second-order valence-electron chi connectivity index (χ2n) is 4.74. The van der Waals surface area contributed by atoms with Gasteiger partial charge in [0.1, 0.15) is 5.03 Å². The molecular formula is C13H15N5OS. The minimum atomic E-state index is 0.0959. The van der Waals surface area contributed by atoms with Crippen LogP contribution in [0.25, 0.3) is 0 Å². The van der Waals surface area contributed by atoms with Crippen molar-refractivity contribution >= 4 is 17.6 Å². The molecule has 0 fully saturated rings. The topological polar surface area (TPSA) is 89.3 Å². The van der Waals surface area contributed by atoms with Crippen molar-refractivity contribution < 1.29 is 5.21 Å². The van der Waals surface area contributed by atoms with Crippen molar-refractivity contribution in [3.8, 4) is 0 Å². The van der Waals surface area contributed by atoms with Gasteiger partial charge in [0, 0.05) is 18.9 Å². The predicted molar refractivity (Wildman–Crippen MR) is 76.1 cm³/mol. The highest BCUT2D eigenvalue weighted by Crippen LogP contribution is 2.32. The third-order valence-corrected chi connectivity index (χ3v) is 4.25. The lowest BCUT2D eigenvalue weighted by atomic mass is 10.1. The molecule has 2 heterocycles. The first-order valence-corrected chi connectivity index (χ1v) is 7.16. The predicted octanol–water partition coefficient (Wildman–Crippen LogP) is 1.55. The Morgan fingerprint density at radius 2 is 2.35 bits per heavy atom. The summed E-state index contributed by atoms with van der Waals surface area (Å²) in [6, 6.07) is 1.99. The van der Waals surface area contributed by atoms with E-state index >= 15 is 0 Å². The van der Waals surface area contributed by atoms with Crippen LogP contribution in [0.5, 0.6) is 0 Å². The van der Waals surface area contributed by atoms with Gasteiger partial charge in [-0.1, -0.05) is 16.9 Å². The van der Waals surface area contributed by atoms with Crippen LogP contribution in [0.3, 0.4) is 0 Å². The summed E-state index contributed by atoms with van der Waals surface area (Å²) in [5.41, 5.74) is 8.77. The maximum absolute atomic E-state index is 8.94. The number of aryl methyl sites for hydroxylation is 3. The standard InChI is InChI=1S/C13H15N5OS/c1-18-7-9(6-15-18)20-13-10(12(14)17-19)5-8-3-2-4-11(8)16-13/h5-7,19H,2-4H2,1H3,(H2,14,17). The van der Waals surface area contributed by atoms with Crippen LogP contribution in [0.2, 0.25) is 0 Å². The molecule has 0 saturated heterocycles. The van der Waals surface area contributed by atoms with Gasteiger partial charge in [0.05, 0.1) is 16.7 Å². The van der Waals surface area contributed by atoms with Crippen LogP contribution in [0.1, 0.15) is 23.2 Å². The Morgan fingerprint density at radius 3 is 3.05 bits per heavy atom. The van der Waals surface area contributed by atoms with E-state index in [9.17, 15) is 0 Å². The highest BCUT2D eigenvalue weighted by Gasteiger charge is 2.19. The maximum atomic E-state index is 8.94. The number of hydrogen-bond acceptors (Lipinski definition) is 5. The van der Waals surface area contributed by atoms with E-state index in [2.05, 4.69) is 15.2 Å². The minimum Gasteiger partial charge on any atom is -0.409 e. The fraction of sp³-hybridized carbons (Fsp3) is 0.308. The van der Waals surface area contributed by atoms with Gasteiger partial charge < -0.3 is 10.9 Å². The van der Waals surface area contributed by atoms with Crippen LogP contribution in [-0.2, 0) is 19.9 Å². The highest BCUT2D eigenvalue weighted by atomic mass is 32.2. The Morgan fingerprint density at radius 1 is 1.50 bits per heavy atom. The number of nitrogens with two attached hydrogens (primary N) is 1. The lowest BCUT2D eigenvalue weighted by Gasteiger charge is -2.09. The van der Waals surface area contributed by atoms with Crippen LogP contribution >= 0.6 is 11.8 Å². The number of pyridine rings is 1. The average molecular weight is 289 g/mol. The van der Waals surface area contributed by atoms with E-state index in [0.29, 0.717) is 5.56 Å². The van der Waals surface area contributed by atoms with Gasteiger partial charge in [-0.25, -0.2) is 4.98 Å². The van der Waals surface area contributed by atoms with E-state index in [0.717, 1.165) is 34.9 Å². The summed E-state index contributed by atoms with van der Waals surface area (Å²) in [5.74, 6) is 0.0959. The number of nitrogens with zero attached hydrogens (tertiary/aromatic N) is 4. The maximum Gasteiger partial charge on any atom is 0.172 e. The van der Waals surface area contributed by atoms with Crippen molar-refractivity contribution in [2.75, 3.05) is 0 Å². The van der Waals surface area contributed by atoms with Crippen LogP contribution in [0.4, 0.5) is 0 Å². The lowest BCUT2D eigenvalue weighted by Crippen LogP contribution is -2.16. The molecule has 7 heteroatoms. The van der Waals surface area contributed by atoms with E-state index in [1.807, 2.05) is 19.3 Å². The average Bonchev–Trinajstić information content (AvgIpc) is 3.05. The molecule has 0 atom stereocenters. The molecule has 0 bridgehead atoms. The monoisotopic (exact) mass is 289 g/mol. The summed E-state index contributed by atoms with van der Waals surface area (Å²) in [6.07, 6.45) is 6.79. The molecule has 0 amide bonds. The zero-order chi connectivity index (χ0) is 14.1. The number of aromatic nitrogens is 3. The highest BCUT2D eigenvalue weighted by molar-refractivity contribution is 7.99. The molecule has 0 radical (unpaired) electrons. The minimum absolute atomic E-state index is 0.0959. The number of amidine groups is 1. The van der Waals surface area contributed by atoms with Crippen molar-refractivity contribution in [1.82, 2.24) is 14.8 Å². The summed E-state index contributed by atoms with van der Waals surface area (Å²) < 4.78 is 1.73. The molecule has 2 aromatic heterocycles. The van der Waals surface area contributed by atoms with E-state index in [4.69, 9.17) is 10.9 Å². The van der Waals surface area contributed by atoms with E-state index < -0.39 is 0 Å². The first-order valence-electron chi connectivity index (χ1n) is 6.34. The van der Waals surface area contributed by atoms with E-state index in [1.54, 1.807) is 10.9 Å². The van der Waals surface area contributed by atoms with Gasteiger partial charge in [0.25, 0.3) is 0 Å². The second-order valence-corrected chi connectivity index (χ2v) is 5.80. The Balaban J connectivity index is 2.03. The lowest BCUT2D eigenvalue weighted by molar-refractivity contribution is 0.318. The van der Waals surface area contributed by atoms with Gasteiger partial charge in [0.15, 0.2) is 5.84 Å². The molecule has 104 valence electrons. The molecular weight excluding hydrogens is 274 g/mol. The smallest absolute Gasteiger partial charge is 0.172 e. The van der Waals surface area contributed by atoms with Crippen molar-refractivity contribution in [2.45, 2.75) is 29.2 Å². The Labute approximate surface area is 120 Å². The molecule has 3 rings (SSSR count). The van der Waals surface area contributed by atoms with Gasteiger partial charge in [-0.05, 0) is 30.9 Å². The fourth-order valence-electron chi connectivity index (χ4n) is 2.33. The summed E-state index contributed by atoms with van der Waals surface area (Å²) in [7, 11) is 1.87. The molecule has 2 aromatic rings. The molecule has 1 aliphatic rings. The Kier molecular flexibility index (Phi) is 3.35. The van der Waals surface area contributed by atoms with Gasteiger partial charge >= 0.3 is 0 Å². The van der Waals surface area contributed by atoms with Crippen molar-refractivity contribution in [1.29, 1.82) is 0 Å². The first-order chi connectivity index (χ1) is 9.67. The number of oxime groups is 1. The molecule has 0 spiro atoms. The third kappa shape index (κ3) is 2.36. The molecule has 0 saturated carbocycles. The van der Waals surface area contributed by atoms with E-state index in [-0.39, 0.29) is 5.84 Å². The normalized spacial score (nSPS) is 14.6. The molecule has 0 unspecified atom stereocenters. The summed E-state index contributed by atoms with van der Waals surface area (Å²) in [6.45, 7) is 0.